The first-order valence-electron chi connectivity index (χ1n) is 9.78. The number of aryl methyl sites for hydroxylation is 2. The third kappa shape index (κ3) is 3.96. The van der Waals surface area contributed by atoms with Crippen LogP contribution in [0.4, 0.5) is 5.82 Å². The summed E-state index contributed by atoms with van der Waals surface area (Å²) in [5.41, 5.74) is 4.33. The van der Waals surface area contributed by atoms with Gasteiger partial charge in [-0.2, -0.15) is 5.10 Å². The third-order valence-electron chi connectivity index (χ3n) is 4.89. The van der Waals surface area contributed by atoms with Gasteiger partial charge in [-0.25, -0.2) is 9.97 Å². The minimum Gasteiger partial charge on any atom is -0.367 e. The second-order valence-electron chi connectivity index (χ2n) is 7.69. The van der Waals surface area contributed by atoms with Crippen molar-refractivity contribution in [2.75, 3.05) is 11.9 Å². The zero-order valence-electron chi connectivity index (χ0n) is 17.2. The van der Waals surface area contributed by atoms with E-state index in [9.17, 15) is 4.79 Å². The van der Waals surface area contributed by atoms with Crippen LogP contribution < -0.4 is 5.32 Å². The van der Waals surface area contributed by atoms with Crippen molar-refractivity contribution in [1.82, 2.24) is 29.6 Å². The highest BCUT2D eigenvalue weighted by molar-refractivity contribution is 5.94. The highest BCUT2D eigenvalue weighted by Crippen LogP contribution is 2.28. The van der Waals surface area contributed by atoms with Crippen molar-refractivity contribution in [2.24, 2.45) is 7.05 Å². The molecule has 0 aromatic carbocycles. The average Bonchev–Trinajstić information content (AvgIpc) is 3.13. The zero-order chi connectivity index (χ0) is 20.5. The van der Waals surface area contributed by atoms with Gasteiger partial charge in [0.1, 0.15) is 5.82 Å². The lowest BCUT2D eigenvalue weighted by atomic mass is 10.0. The van der Waals surface area contributed by atoms with E-state index in [0.717, 1.165) is 28.3 Å². The van der Waals surface area contributed by atoms with Crippen LogP contribution in [0.15, 0.2) is 30.7 Å². The Morgan fingerprint density at radius 3 is 2.69 bits per heavy atom. The molecule has 8 heteroatoms. The number of anilines is 1. The van der Waals surface area contributed by atoms with Crippen LogP contribution in [0.1, 0.15) is 41.2 Å². The van der Waals surface area contributed by atoms with Gasteiger partial charge in [0.05, 0.1) is 29.6 Å². The summed E-state index contributed by atoms with van der Waals surface area (Å²) in [5.74, 6) is 1.42. The van der Waals surface area contributed by atoms with E-state index < -0.39 is 0 Å². The molecule has 1 amide bonds. The predicted octanol–water partition coefficient (Wildman–Crippen LogP) is 2.60. The number of carbonyl (C=O) groups is 1. The molecule has 29 heavy (non-hydrogen) atoms. The molecule has 3 aromatic rings. The lowest BCUT2D eigenvalue weighted by Gasteiger charge is -2.30. The van der Waals surface area contributed by atoms with Crippen molar-refractivity contribution in [2.45, 2.75) is 39.8 Å². The fourth-order valence-electron chi connectivity index (χ4n) is 3.42. The van der Waals surface area contributed by atoms with Crippen LogP contribution in [0.2, 0.25) is 0 Å². The fraction of sp³-hybridized carbons (Fsp3) is 0.381. The molecule has 3 aromatic heterocycles. The van der Waals surface area contributed by atoms with Gasteiger partial charge in [0.15, 0.2) is 5.82 Å². The quantitative estimate of drug-likeness (QED) is 0.735. The summed E-state index contributed by atoms with van der Waals surface area (Å²) in [6.07, 6.45) is 6.00. The van der Waals surface area contributed by atoms with E-state index in [-0.39, 0.29) is 11.9 Å². The number of hydrogen-bond acceptors (Lipinski definition) is 6. The Balaban J connectivity index is 1.67. The zero-order valence-corrected chi connectivity index (χ0v) is 17.2. The molecule has 1 N–H and O–H groups in total. The monoisotopic (exact) mass is 391 g/mol. The Labute approximate surface area is 170 Å². The Kier molecular flexibility index (Phi) is 5.00. The molecular weight excluding hydrogens is 366 g/mol. The molecule has 4 heterocycles. The molecule has 0 radical (unpaired) electrons. The number of nitrogens with one attached hydrogen (secondary N) is 1. The van der Waals surface area contributed by atoms with E-state index >= 15 is 0 Å². The molecule has 0 saturated heterocycles. The lowest BCUT2D eigenvalue weighted by molar-refractivity contribution is 0.0733. The van der Waals surface area contributed by atoms with Crippen LogP contribution in [-0.2, 0) is 20.0 Å². The first kappa shape index (κ1) is 19.0. The maximum absolute atomic E-state index is 13.0. The van der Waals surface area contributed by atoms with Gasteiger partial charge in [-0.15, -0.1) is 0 Å². The second-order valence-corrected chi connectivity index (χ2v) is 7.69. The molecule has 1 aliphatic heterocycles. The smallest absolute Gasteiger partial charge is 0.255 e. The molecule has 0 saturated carbocycles. The van der Waals surface area contributed by atoms with E-state index in [1.54, 1.807) is 17.1 Å². The van der Waals surface area contributed by atoms with Crippen LogP contribution in [0.5, 0.6) is 0 Å². The Morgan fingerprint density at radius 1 is 1.21 bits per heavy atom. The minimum absolute atomic E-state index is 0.0185. The minimum atomic E-state index is -0.0185. The lowest BCUT2D eigenvalue weighted by Crippen LogP contribution is -2.37. The van der Waals surface area contributed by atoms with Crippen LogP contribution in [0.3, 0.4) is 0 Å². The Bertz CT molecular complexity index is 1040. The Hall–Kier alpha value is -3.29. The van der Waals surface area contributed by atoms with E-state index in [1.165, 1.54) is 0 Å². The van der Waals surface area contributed by atoms with Crippen molar-refractivity contribution in [1.29, 1.82) is 0 Å². The normalized spacial score (nSPS) is 13.5. The summed E-state index contributed by atoms with van der Waals surface area (Å²) in [5, 5.41) is 7.66. The van der Waals surface area contributed by atoms with Crippen LogP contribution in [0.25, 0.3) is 11.4 Å². The molecule has 4 rings (SSSR count). The third-order valence-corrected chi connectivity index (χ3v) is 4.89. The number of nitrogens with zero attached hydrogens (tertiary/aromatic N) is 6. The van der Waals surface area contributed by atoms with Crippen molar-refractivity contribution in [3.63, 3.8) is 0 Å². The molecule has 0 spiro atoms. The maximum Gasteiger partial charge on any atom is 0.255 e. The molecule has 0 aliphatic carbocycles. The molecule has 0 unspecified atom stereocenters. The summed E-state index contributed by atoms with van der Waals surface area (Å²) in [6.45, 7) is 7.14. The van der Waals surface area contributed by atoms with Gasteiger partial charge in [-0.1, -0.05) is 0 Å². The van der Waals surface area contributed by atoms with E-state index in [2.05, 4.69) is 29.2 Å². The van der Waals surface area contributed by atoms with E-state index in [4.69, 9.17) is 9.97 Å². The largest absolute Gasteiger partial charge is 0.367 e. The molecule has 150 valence electrons. The second kappa shape index (κ2) is 7.62. The highest BCUT2D eigenvalue weighted by atomic mass is 16.2. The predicted molar refractivity (Wildman–Crippen MR) is 110 cm³/mol. The van der Waals surface area contributed by atoms with E-state index in [1.807, 2.05) is 37.2 Å². The molecular formula is C21H25N7O. The molecule has 8 nitrogen and oxygen atoms in total. The summed E-state index contributed by atoms with van der Waals surface area (Å²) >= 11 is 0. The van der Waals surface area contributed by atoms with Gasteiger partial charge in [-0.3, -0.25) is 14.5 Å². The van der Waals surface area contributed by atoms with Crippen molar-refractivity contribution in [3.05, 3.63) is 53.2 Å². The van der Waals surface area contributed by atoms with Gasteiger partial charge >= 0.3 is 0 Å². The van der Waals surface area contributed by atoms with Gasteiger partial charge in [0.25, 0.3) is 5.91 Å². The summed E-state index contributed by atoms with van der Waals surface area (Å²) in [4.78, 5) is 28.6. The topological polar surface area (TPSA) is 88.8 Å². The van der Waals surface area contributed by atoms with Gasteiger partial charge < -0.3 is 10.2 Å². The first-order valence-corrected chi connectivity index (χ1v) is 9.78. The van der Waals surface area contributed by atoms with Crippen molar-refractivity contribution < 1.29 is 4.79 Å². The number of hydrogen-bond donors (Lipinski definition) is 1. The Morgan fingerprint density at radius 2 is 2.03 bits per heavy atom. The van der Waals surface area contributed by atoms with Crippen molar-refractivity contribution >= 4 is 11.7 Å². The van der Waals surface area contributed by atoms with Crippen molar-refractivity contribution in [3.8, 4) is 11.4 Å². The number of aromatic nitrogens is 5. The fourth-order valence-corrected chi connectivity index (χ4v) is 3.42. The number of fused-ring (bicyclic) bond motifs is 1. The standard InChI is InChI=1S/C21H25N7O/c1-13(2)24-20-17-12-28(21(29)15-6-5-14(3)22-9-15)8-7-18(17)25-19(26-20)16-10-23-27(4)11-16/h5-6,9-11,13H,7-8,12H2,1-4H3,(H,24,25,26). The summed E-state index contributed by atoms with van der Waals surface area (Å²) in [7, 11) is 1.87. The number of rotatable bonds is 4. The first-order chi connectivity index (χ1) is 13.9. The molecule has 1 aliphatic rings. The van der Waals surface area contributed by atoms with Gasteiger partial charge in [-0.05, 0) is 32.9 Å². The SMILES string of the molecule is Cc1ccc(C(=O)N2CCc3nc(-c4cnn(C)c4)nc(NC(C)C)c3C2)cn1. The molecule has 0 atom stereocenters. The number of amides is 1. The highest BCUT2D eigenvalue weighted by Gasteiger charge is 2.27. The number of carbonyl (C=O) groups excluding carboxylic acids is 1. The van der Waals surface area contributed by atoms with Crippen LogP contribution in [0, 0.1) is 6.92 Å². The average molecular weight is 391 g/mol. The van der Waals surface area contributed by atoms with Crippen LogP contribution >= 0.6 is 0 Å². The van der Waals surface area contributed by atoms with E-state index in [0.29, 0.717) is 30.9 Å². The molecule has 0 bridgehead atoms. The maximum atomic E-state index is 13.0. The molecule has 0 fully saturated rings. The van der Waals surface area contributed by atoms with Gasteiger partial charge in [0, 0.05) is 49.7 Å². The summed E-state index contributed by atoms with van der Waals surface area (Å²) < 4.78 is 1.74. The van der Waals surface area contributed by atoms with Gasteiger partial charge in [0.2, 0.25) is 0 Å². The van der Waals surface area contributed by atoms with Crippen LogP contribution in [-0.4, -0.2) is 48.1 Å². The summed E-state index contributed by atoms with van der Waals surface area (Å²) in [6, 6.07) is 3.90. The number of pyridine rings is 1.